The lowest BCUT2D eigenvalue weighted by atomic mass is 10.0. The van der Waals surface area contributed by atoms with Gasteiger partial charge < -0.3 is 10.1 Å². The minimum Gasteiger partial charge on any atom is -0.364 e. The highest BCUT2D eigenvalue weighted by molar-refractivity contribution is 6.32. The number of nitrogens with one attached hydrogen (secondary N) is 1. The van der Waals surface area contributed by atoms with E-state index in [1.54, 1.807) is 24.3 Å². The van der Waals surface area contributed by atoms with Crippen LogP contribution in [0.25, 0.3) is 22.3 Å². The fraction of sp³-hybridized carbons (Fsp3) is 0.160. The summed E-state index contributed by atoms with van der Waals surface area (Å²) in [6.45, 7) is -0.0537. The van der Waals surface area contributed by atoms with E-state index in [9.17, 15) is 22.8 Å². The van der Waals surface area contributed by atoms with E-state index in [4.69, 9.17) is 16.3 Å². The van der Waals surface area contributed by atoms with Crippen LogP contribution in [0.1, 0.15) is 34.3 Å². The molecule has 15 heteroatoms. The van der Waals surface area contributed by atoms with Gasteiger partial charge in [0.2, 0.25) is 0 Å². The number of benzene rings is 1. The molecule has 1 atom stereocenters. The second kappa shape index (κ2) is 9.81. The minimum atomic E-state index is -4.96. The third-order valence-electron chi connectivity index (χ3n) is 6.17. The van der Waals surface area contributed by atoms with Gasteiger partial charge in [0.05, 0.1) is 58.6 Å². The molecule has 0 saturated carbocycles. The number of hydrogen-bond acceptors (Lipinski definition) is 8. The molecule has 11 nitrogen and oxygen atoms in total. The van der Waals surface area contributed by atoms with Crippen LogP contribution in [0.15, 0.2) is 61.3 Å². The Bertz CT molecular complexity index is 1770. The summed E-state index contributed by atoms with van der Waals surface area (Å²) >= 11 is 6.22. The molecule has 5 heterocycles. The first-order valence-corrected chi connectivity index (χ1v) is 12.1. The number of fused-ring (bicyclic) bond motifs is 1. The molecular formula is C25H16ClF3N8O3. The molecule has 1 fully saturated rings. The Balaban J connectivity index is 1.38. The van der Waals surface area contributed by atoms with Crippen LogP contribution in [0.3, 0.4) is 0 Å². The molecule has 0 spiro atoms. The number of hydrogen-bond donors (Lipinski definition) is 1. The van der Waals surface area contributed by atoms with E-state index in [1.807, 2.05) is 0 Å². The van der Waals surface area contributed by atoms with Crippen LogP contribution in [-0.4, -0.2) is 53.0 Å². The van der Waals surface area contributed by atoms with Gasteiger partial charge in [0, 0.05) is 17.2 Å². The first-order valence-electron chi connectivity index (χ1n) is 11.7. The molecule has 0 aliphatic carbocycles. The number of ether oxygens (including phenoxy) is 1. The zero-order chi connectivity index (χ0) is 28.0. The monoisotopic (exact) mass is 568 g/mol. The number of carbonyl (C=O) groups excluding carboxylic acids is 2. The lowest BCUT2D eigenvalue weighted by Gasteiger charge is -2.17. The predicted octanol–water partition coefficient (Wildman–Crippen LogP) is 4.35. The fourth-order valence-electron chi connectivity index (χ4n) is 4.46. The van der Waals surface area contributed by atoms with Crippen molar-refractivity contribution in [2.24, 2.45) is 0 Å². The Morgan fingerprint density at radius 1 is 1.05 bits per heavy atom. The van der Waals surface area contributed by atoms with Crippen molar-refractivity contribution in [1.29, 1.82) is 0 Å². The normalized spacial score (nSPS) is 15.6. The molecule has 1 amide bonds. The van der Waals surface area contributed by atoms with E-state index in [0.29, 0.717) is 21.1 Å². The van der Waals surface area contributed by atoms with Crippen molar-refractivity contribution in [2.45, 2.75) is 18.7 Å². The molecule has 40 heavy (non-hydrogen) atoms. The first kappa shape index (κ1) is 25.6. The number of pyridine rings is 2. The summed E-state index contributed by atoms with van der Waals surface area (Å²) in [6, 6.07) is 7.96. The molecule has 6 rings (SSSR count). The van der Waals surface area contributed by atoms with Gasteiger partial charge in [-0.25, -0.2) is 9.67 Å². The van der Waals surface area contributed by atoms with Gasteiger partial charge in [-0.15, -0.1) is 4.80 Å². The van der Waals surface area contributed by atoms with E-state index in [2.05, 4.69) is 30.6 Å². The van der Waals surface area contributed by atoms with E-state index >= 15 is 0 Å². The largest absolute Gasteiger partial charge is 0.434 e. The van der Waals surface area contributed by atoms with Crippen LogP contribution >= 0.6 is 11.6 Å². The number of ketones is 1. The number of aromatic nitrogens is 7. The summed E-state index contributed by atoms with van der Waals surface area (Å²) in [6.07, 6.45) is 0.648. The predicted molar refractivity (Wildman–Crippen MR) is 134 cm³/mol. The molecule has 0 radical (unpaired) electrons. The number of nitrogens with zero attached hydrogens (tertiary/aromatic N) is 7. The standard InChI is InChI=1S/C25H16ClF3N8O3/c26-18-7-13(9-31-23(18)37-32-5-6-33-37)35-24(39)17-10-34-36(22(17)25(27,28)29)19-11-30-21(20-8-14(38)12-40-20)16-4-2-1-3-15(16)19/h1-7,9-11,20H,8,12H2,(H,35,39)/t20-/m0/s1. The van der Waals surface area contributed by atoms with Crippen molar-refractivity contribution in [3.8, 4) is 11.5 Å². The van der Waals surface area contributed by atoms with Gasteiger partial charge in [-0.05, 0) is 6.07 Å². The fourth-order valence-corrected chi connectivity index (χ4v) is 4.70. The number of rotatable bonds is 5. The number of amides is 1. The molecule has 4 aromatic heterocycles. The highest BCUT2D eigenvalue weighted by atomic mass is 35.5. The zero-order valence-electron chi connectivity index (χ0n) is 20.1. The topological polar surface area (TPSA) is 130 Å². The Morgan fingerprint density at radius 3 is 2.48 bits per heavy atom. The second-order valence-electron chi connectivity index (χ2n) is 8.74. The summed E-state index contributed by atoms with van der Waals surface area (Å²) in [4.78, 5) is 34.4. The van der Waals surface area contributed by atoms with Crippen molar-refractivity contribution in [1.82, 2.24) is 34.7 Å². The average Bonchev–Trinajstić information content (AvgIpc) is 3.69. The minimum absolute atomic E-state index is 0.00386. The van der Waals surface area contributed by atoms with E-state index < -0.39 is 29.4 Å². The molecule has 1 aliphatic rings. The first-order chi connectivity index (χ1) is 19.2. The third-order valence-corrected chi connectivity index (χ3v) is 6.44. The van der Waals surface area contributed by atoms with Gasteiger partial charge in [-0.2, -0.15) is 28.5 Å². The van der Waals surface area contributed by atoms with Crippen molar-refractivity contribution < 1.29 is 27.5 Å². The van der Waals surface area contributed by atoms with Crippen molar-refractivity contribution in [3.05, 3.63) is 83.3 Å². The SMILES string of the molecule is O=C1CO[C@H](c2ncc(-n3ncc(C(=O)Nc4cnc(-n5nccn5)c(Cl)c4)c3C(F)(F)F)c3ccccc23)C1. The molecular weight excluding hydrogens is 553 g/mol. The highest BCUT2D eigenvalue weighted by Gasteiger charge is 2.41. The Labute approximate surface area is 227 Å². The molecule has 1 aromatic carbocycles. The lowest BCUT2D eigenvalue weighted by Crippen LogP contribution is -2.21. The number of alkyl halides is 3. The highest BCUT2D eigenvalue weighted by Crippen LogP contribution is 2.37. The molecule has 1 aliphatic heterocycles. The molecule has 1 N–H and O–H groups in total. The van der Waals surface area contributed by atoms with Crippen molar-refractivity contribution in [3.63, 3.8) is 0 Å². The summed E-state index contributed by atoms with van der Waals surface area (Å²) in [7, 11) is 0. The van der Waals surface area contributed by atoms with Crippen molar-refractivity contribution in [2.75, 3.05) is 11.9 Å². The number of halogens is 4. The Kier molecular flexibility index (Phi) is 6.27. The van der Waals surface area contributed by atoms with Gasteiger partial charge in [0.15, 0.2) is 17.3 Å². The van der Waals surface area contributed by atoms with Crippen LogP contribution in [0.4, 0.5) is 18.9 Å². The average molecular weight is 569 g/mol. The van der Waals surface area contributed by atoms with Crippen LogP contribution in [0, 0.1) is 0 Å². The maximum atomic E-state index is 14.4. The van der Waals surface area contributed by atoms with Crippen LogP contribution in [0.5, 0.6) is 0 Å². The Morgan fingerprint density at radius 2 is 1.80 bits per heavy atom. The lowest BCUT2D eigenvalue weighted by molar-refractivity contribution is -0.143. The summed E-state index contributed by atoms with van der Waals surface area (Å²) < 4.78 is 49.4. The molecule has 0 bridgehead atoms. The van der Waals surface area contributed by atoms with E-state index in [1.165, 1.54) is 30.9 Å². The molecule has 5 aromatic rings. The number of Topliss-reactive ketones (excluding diaryl/α,β-unsaturated/α-hetero) is 1. The maximum Gasteiger partial charge on any atom is 0.434 e. The van der Waals surface area contributed by atoms with Crippen molar-refractivity contribution >= 4 is 39.8 Å². The van der Waals surface area contributed by atoms with Gasteiger partial charge in [0.1, 0.15) is 12.7 Å². The summed E-state index contributed by atoms with van der Waals surface area (Å²) in [5, 5.41) is 15.1. The van der Waals surface area contributed by atoms with Crippen LogP contribution in [-0.2, 0) is 15.7 Å². The zero-order valence-corrected chi connectivity index (χ0v) is 20.9. The number of anilines is 1. The molecule has 0 unspecified atom stereocenters. The van der Waals surface area contributed by atoms with Gasteiger partial charge in [0.25, 0.3) is 5.91 Å². The van der Waals surface area contributed by atoms with Gasteiger partial charge in [-0.3, -0.25) is 14.6 Å². The van der Waals surface area contributed by atoms with Crippen LogP contribution in [0.2, 0.25) is 5.02 Å². The molecule has 202 valence electrons. The number of carbonyl (C=O) groups is 2. The maximum absolute atomic E-state index is 14.4. The Hall–Kier alpha value is -4.69. The smallest absolute Gasteiger partial charge is 0.364 e. The van der Waals surface area contributed by atoms with Gasteiger partial charge >= 0.3 is 6.18 Å². The summed E-state index contributed by atoms with van der Waals surface area (Å²) in [5.74, 6) is -0.997. The summed E-state index contributed by atoms with van der Waals surface area (Å²) in [5.41, 5.74) is -1.54. The third kappa shape index (κ3) is 4.56. The van der Waals surface area contributed by atoms with E-state index in [-0.39, 0.29) is 41.0 Å². The van der Waals surface area contributed by atoms with E-state index in [0.717, 1.165) is 11.0 Å². The molecule has 1 saturated heterocycles. The van der Waals surface area contributed by atoms with Crippen LogP contribution < -0.4 is 5.32 Å². The van der Waals surface area contributed by atoms with Gasteiger partial charge in [-0.1, -0.05) is 35.9 Å². The second-order valence-corrected chi connectivity index (χ2v) is 9.14. The quantitative estimate of drug-likeness (QED) is 0.331.